The minimum Gasteiger partial charge on any atom is -0.493 e. The van der Waals surface area contributed by atoms with Gasteiger partial charge in [0.25, 0.3) is 0 Å². The quantitative estimate of drug-likeness (QED) is 0.753. The van der Waals surface area contributed by atoms with Crippen LogP contribution in [0, 0.1) is 5.92 Å². The van der Waals surface area contributed by atoms with Gasteiger partial charge >= 0.3 is 0 Å². The minimum absolute atomic E-state index is 0.00825. The van der Waals surface area contributed by atoms with Crippen molar-refractivity contribution in [2.24, 2.45) is 5.92 Å². The summed E-state index contributed by atoms with van der Waals surface area (Å²) in [5.41, 5.74) is 0.773. The van der Waals surface area contributed by atoms with E-state index in [1.165, 1.54) is 6.08 Å². The summed E-state index contributed by atoms with van der Waals surface area (Å²) in [6.07, 6.45) is 3.19. The molecule has 0 heterocycles. The van der Waals surface area contributed by atoms with Crippen LogP contribution in [0.2, 0.25) is 5.02 Å². The zero-order valence-electron chi connectivity index (χ0n) is 14.6. The van der Waals surface area contributed by atoms with Crippen molar-refractivity contribution in [3.63, 3.8) is 0 Å². The van der Waals surface area contributed by atoms with Crippen LogP contribution in [0.1, 0.15) is 40.2 Å². The molecule has 0 aliphatic rings. The Kier molecular flexibility index (Phi) is 7.43. The predicted octanol–water partition coefficient (Wildman–Crippen LogP) is 4.31. The van der Waals surface area contributed by atoms with Crippen molar-refractivity contribution < 1.29 is 14.3 Å². The molecule has 0 saturated carbocycles. The summed E-state index contributed by atoms with van der Waals surface area (Å²) < 4.78 is 11.0. The second-order valence-electron chi connectivity index (χ2n) is 6.08. The molecule has 0 fully saturated rings. The summed E-state index contributed by atoms with van der Waals surface area (Å²) in [5.74, 6) is 1.30. The molecule has 4 nitrogen and oxygen atoms in total. The van der Waals surface area contributed by atoms with E-state index in [2.05, 4.69) is 19.2 Å². The highest BCUT2D eigenvalue weighted by molar-refractivity contribution is 6.32. The normalized spacial score (nSPS) is 12.7. The number of methoxy groups -OCH3 is 1. The molecule has 23 heavy (non-hydrogen) atoms. The summed E-state index contributed by atoms with van der Waals surface area (Å²) in [6.45, 7) is 9.95. The first-order chi connectivity index (χ1) is 10.7. The molecule has 1 atom stereocenters. The third-order valence-electron chi connectivity index (χ3n) is 3.40. The van der Waals surface area contributed by atoms with Gasteiger partial charge in [-0.25, -0.2) is 0 Å². The van der Waals surface area contributed by atoms with Crippen molar-refractivity contribution in [3.8, 4) is 11.5 Å². The Morgan fingerprint density at radius 1 is 1.22 bits per heavy atom. The van der Waals surface area contributed by atoms with E-state index in [0.29, 0.717) is 22.4 Å². The van der Waals surface area contributed by atoms with Crippen LogP contribution < -0.4 is 14.8 Å². The average molecular weight is 340 g/mol. The maximum atomic E-state index is 11.9. The molecule has 0 aromatic heterocycles. The number of nitrogens with one attached hydrogen (secondary N) is 1. The maximum Gasteiger partial charge on any atom is 0.244 e. The van der Waals surface area contributed by atoms with E-state index in [1.54, 1.807) is 25.3 Å². The number of benzene rings is 1. The van der Waals surface area contributed by atoms with E-state index in [0.717, 1.165) is 5.56 Å². The van der Waals surface area contributed by atoms with Gasteiger partial charge in [-0.05, 0) is 50.5 Å². The lowest BCUT2D eigenvalue weighted by Gasteiger charge is -2.16. The number of halogens is 1. The summed E-state index contributed by atoms with van der Waals surface area (Å²) in [7, 11) is 1.56. The van der Waals surface area contributed by atoms with E-state index in [9.17, 15) is 4.79 Å². The van der Waals surface area contributed by atoms with Crippen molar-refractivity contribution in [2.75, 3.05) is 7.11 Å². The lowest BCUT2D eigenvalue weighted by atomic mass is 10.1. The molecule has 0 spiro atoms. The summed E-state index contributed by atoms with van der Waals surface area (Å²) in [6, 6.07) is 3.66. The fourth-order valence-electron chi connectivity index (χ4n) is 1.80. The monoisotopic (exact) mass is 339 g/mol. The number of hydrogen-bond donors (Lipinski definition) is 1. The lowest BCUT2D eigenvalue weighted by Crippen LogP contribution is -2.34. The Hall–Kier alpha value is -1.68. The number of carbonyl (C=O) groups is 1. The summed E-state index contributed by atoms with van der Waals surface area (Å²) in [5, 5.41) is 3.37. The number of carbonyl (C=O) groups excluding carboxylic acids is 1. The molecule has 0 saturated heterocycles. The van der Waals surface area contributed by atoms with Gasteiger partial charge in [-0.15, -0.1) is 0 Å². The molecule has 0 aliphatic carbocycles. The summed E-state index contributed by atoms with van der Waals surface area (Å²) in [4.78, 5) is 11.9. The van der Waals surface area contributed by atoms with E-state index >= 15 is 0 Å². The average Bonchev–Trinajstić information content (AvgIpc) is 2.46. The van der Waals surface area contributed by atoms with Crippen molar-refractivity contribution in [2.45, 2.75) is 46.8 Å². The van der Waals surface area contributed by atoms with Gasteiger partial charge in [-0.3, -0.25) is 4.79 Å². The Morgan fingerprint density at radius 3 is 2.39 bits per heavy atom. The van der Waals surface area contributed by atoms with Gasteiger partial charge in [0.05, 0.1) is 18.2 Å². The minimum atomic E-state index is -0.135. The van der Waals surface area contributed by atoms with Crippen LogP contribution in [-0.4, -0.2) is 25.2 Å². The Labute approximate surface area is 143 Å². The third kappa shape index (κ3) is 6.14. The molecule has 0 aliphatic heterocycles. The molecule has 1 N–H and O–H groups in total. The van der Waals surface area contributed by atoms with Gasteiger partial charge in [0, 0.05) is 12.1 Å². The third-order valence-corrected chi connectivity index (χ3v) is 3.68. The molecule has 128 valence electrons. The zero-order valence-corrected chi connectivity index (χ0v) is 15.4. The summed E-state index contributed by atoms with van der Waals surface area (Å²) >= 11 is 6.26. The van der Waals surface area contributed by atoms with Gasteiger partial charge in [0.15, 0.2) is 11.5 Å². The number of amides is 1. The van der Waals surface area contributed by atoms with Crippen LogP contribution in [0.4, 0.5) is 0 Å². The van der Waals surface area contributed by atoms with E-state index in [1.807, 2.05) is 20.8 Å². The number of rotatable bonds is 7. The molecule has 1 aromatic carbocycles. The first-order valence-electron chi connectivity index (χ1n) is 7.77. The van der Waals surface area contributed by atoms with Gasteiger partial charge < -0.3 is 14.8 Å². The topological polar surface area (TPSA) is 47.6 Å². The highest BCUT2D eigenvalue weighted by Gasteiger charge is 2.13. The van der Waals surface area contributed by atoms with Gasteiger partial charge in [-0.1, -0.05) is 25.4 Å². The fourth-order valence-corrected chi connectivity index (χ4v) is 2.06. The van der Waals surface area contributed by atoms with Crippen LogP contribution >= 0.6 is 11.6 Å². The van der Waals surface area contributed by atoms with Crippen molar-refractivity contribution in [1.82, 2.24) is 5.32 Å². The van der Waals surface area contributed by atoms with Gasteiger partial charge in [0.2, 0.25) is 5.91 Å². The van der Waals surface area contributed by atoms with Crippen LogP contribution in [0.15, 0.2) is 18.2 Å². The zero-order chi connectivity index (χ0) is 17.6. The highest BCUT2D eigenvalue weighted by Crippen LogP contribution is 2.37. The molecule has 1 aromatic rings. The lowest BCUT2D eigenvalue weighted by molar-refractivity contribution is -0.117. The Bertz CT molecular complexity index is 568. The van der Waals surface area contributed by atoms with E-state index < -0.39 is 0 Å². The molecular weight excluding hydrogens is 314 g/mol. The Balaban J connectivity index is 2.91. The second kappa shape index (κ2) is 8.82. The van der Waals surface area contributed by atoms with Gasteiger partial charge in [0.1, 0.15) is 0 Å². The van der Waals surface area contributed by atoms with Crippen LogP contribution in [-0.2, 0) is 4.79 Å². The van der Waals surface area contributed by atoms with E-state index in [-0.39, 0.29) is 18.1 Å². The number of hydrogen-bond acceptors (Lipinski definition) is 3. The van der Waals surface area contributed by atoms with Crippen LogP contribution in [0.3, 0.4) is 0 Å². The van der Waals surface area contributed by atoms with Crippen molar-refractivity contribution in [3.05, 3.63) is 28.8 Å². The van der Waals surface area contributed by atoms with Crippen LogP contribution in [0.25, 0.3) is 6.08 Å². The highest BCUT2D eigenvalue weighted by atomic mass is 35.5. The van der Waals surface area contributed by atoms with Gasteiger partial charge in [-0.2, -0.15) is 0 Å². The SMILES string of the molecule is COc1cc(/C=C/C(=O)NC(C)C(C)C)cc(Cl)c1OC(C)C. The molecule has 1 unspecified atom stereocenters. The number of ether oxygens (including phenoxy) is 2. The molecule has 0 radical (unpaired) electrons. The molecule has 5 heteroatoms. The fraction of sp³-hybridized carbons (Fsp3) is 0.500. The molecule has 0 bridgehead atoms. The predicted molar refractivity (Wildman–Crippen MR) is 95.2 cm³/mol. The second-order valence-corrected chi connectivity index (χ2v) is 6.48. The van der Waals surface area contributed by atoms with Crippen molar-refractivity contribution >= 4 is 23.6 Å². The maximum absolute atomic E-state index is 11.9. The smallest absolute Gasteiger partial charge is 0.244 e. The van der Waals surface area contributed by atoms with Crippen LogP contribution in [0.5, 0.6) is 11.5 Å². The van der Waals surface area contributed by atoms with E-state index in [4.69, 9.17) is 21.1 Å². The Morgan fingerprint density at radius 2 is 1.87 bits per heavy atom. The largest absolute Gasteiger partial charge is 0.493 e. The standard InChI is InChI=1S/C18H26ClNO3/c1-11(2)13(5)20-17(21)8-7-14-9-15(19)18(23-12(3)4)16(10-14)22-6/h7-13H,1-6H3,(H,20,21)/b8-7+. The molecule has 1 amide bonds. The first kappa shape index (κ1) is 19.4. The molecule has 1 rings (SSSR count). The molecular formula is C18H26ClNO3. The van der Waals surface area contributed by atoms with Crippen molar-refractivity contribution in [1.29, 1.82) is 0 Å². The first-order valence-corrected chi connectivity index (χ1v) is 8.15.